The van der Waals surface area contributed by atoms with Gasteiger partial charge in [-0.2, -0.15) is 0 Å². The van der Waals surface area contributed by atoms with Crippen LogP contribution in [0.5, 0.6) is 23.0 Å². The van der Waals surface area contributed by atoms with Crippen LogP contribution in [0.25, 0.3) is 11.1 Å². The number of carboxylic acid groups (broad SMARTS) is 1. The lowest BCUT2D eigenvalue weighted by Crippen LogP contribution is -1.84. The molecule has 0 amide bonds. The predicted octanol–water partition coefficient (Wildman–Crippen LogP) is 6.40. The number of aromatic hydroxyl groups is 2. The molecule has 0 bridgehead atoms. The number of ether oxygens (including phenoxy) is 1. The lowest BCUT2D eigenvalue weighted by atomic mass is 10.1. The van der Waals surface area contributed by atoms with Crippen molar-refractivity contribution in [3.05, 3.63) is 121 Å². The monoisotopic (exact) mass is 440 g/mol. The third-order valence-corrected chi connectivity index (χ3v) is 4.83. The van der Waals surface area contributed by atoms with Gasteiger partial charge in [0.15, 0.2) is 23.0 Å². The minimum atomic E-state index is -0.981. The quantitative estimate of drug-likeness (QED) is 0.282. The number of fused-ring (bicyclic) bond motifs is 3. The summed E-state index contributed by atoms with van der Waals surface area (Å²) < 4.78 is 5.34. The second kappa shape index (κ2) is 11.2. The molecule has 0 saturated heterocycles. The van der Waals surface area contributed by atoms with Crippen LogP contribution in [0.1, 0.15) is 11.1 Å². The minimum Gasteiger partial charge on any atom is -0.504 e. The average Bonchev–Trinajstić information content (AvgIpc) is 3.21. The fourth-order valence-corrected chi connectivity index (χ4v) is 3.29. The fraction of sp³-hybridized carbons (Fsp3) is 0.0357. The molecule has 0 radical (unpaired) electrons. The molecule has 0 unspecified atom stereocenters. The van der Waals surface area contributed by atoms with Crippen molar-refractivity contribution in [2.24, 2.45) is 0 Å². The molecule has 0 heterocycles. The highest BCUT2D eigenvalue weighted by molar-refractivity contribution is 5.78. The number of carboxylic acids is 1. The molecule has 4 aromatic rings. The summed E-state index contributed by atoms with van der Waals surface area (Å²) >= 11 is 0. The fourth-order valence-electron chi connectivity index (χ4n) is 3.29. The highest BCUT2D eigenvalue weighted by Crippen LogP contribution is 2.36. The highest BCUT2D eigenvalue weighted by Gasteiger charge is 2.15. The molecule has 3 N–H and O–H groups in total. The number of benzene rings is 4. The molecule has 1 aliphatic carbocycles. The van der Waals surface area contributed by atoms with Crippen molar-refractivity contribution in [2.45, 2.75) is 6.42 Å². The van der Waals surface area contributed by atoms with E-state index >= 15 is 0 Å². The summed E-state index contributed by atoms with van der Waals surface area (Å²) in [5.41, 5.74) is 5.75. The highest BCUT2D eigenvalue weighted by atomic mass is 16.5. The van der Waals surface area contributed by atoms with Gasteiger partial charge in [0, 0.05) is 6.08 Å². The molecule has 33 heavy (non-hydrogen) atoms. The molecule has 0 aromatic heterocycles. The molecule has 5 rings (SSSR count). The van der Waals surface area contributed by atoms with Crippen molar-refractivity contribution < 1.29 is 24.9 Å². The first-order valence-electron chi connectivity index (χ1n) is 10.2. The summed E-state index contributed by atoms with van der Waals surface area (Å²) in [5.74, 6) is -0.260. The van der Waals surface area contributed by atoms with Crippen LogP contribution >= 0.6 is 0 Å². The second-order valence-corrected chi connectivity index (χ2v) is 7.07. The van der Waals surface area contributed by atoms with Gasteiger partial charge in [0.2, 0.25) is 0 Å². The van der Waals surface area contributed by atoms with Crippen LogP contribution in [-0.2, 0) is 11.2 Å². The Balaban J connectivity index is 0.000000156. The zero-order valence-corrected chi connectivity index (χ0v) is 17.9. The first kappa shape index (κ1) is 23.2. The summed E-state index contributed by atoms with van der Waals surface area (Å²) in [6.45, 7) is 2.96. The zero-order chi connectivity index (χ0) is 23.6. The molecule has 4 aromatic carbocycles. The molecule has 5 heteroatoms. The van der Waals surface area contributed by atoms with E-state index in [4.69, 9.17) is 9.84 Å². The molecule has 166 valence electrons. The van der Waals surface area contributed by atoms with Crippen LogP contribution in [0.15, 0.2) is 110 Å². The third-order valence-electron chi connectivity index (χ3n) is 4.83. The topological polar surface area (TPSA) is 87.0 Å². The van der Waals surface area contributed by atoms with Gasteiger partial charge >= 0.3 is 5.97 Å². The molecule has 0 fully saturated rings. The van der Waals surface area contributed by atoms with Gasteiger partial charge in [0.05, 0.1) is 0 Å². The number of hydrogen-bond acceptors (Lipinski definition) is 4. The summed E-state index contributed by atoms with van der Waals surface area (Å²) in [5, 5.41) is 26.5. The van der Waals surface area contributed by atoms with Gasteiger partial charge in [-0.1, -0.05) is 79.4 Å². The zero-order valence-electron chi connectivity index (χ0n) is 17.9. The number of rotatable bonds is 3. The van der Waals surface area contributed by atoms with Crippen LogP contribution in [0.3, 0.4) is 0 Å². The molecular weight excluding hydrogens is 416 g/mol. The minimum absolute atomic E-state index is 0.0424. The molecule has 1 aliphatic rings. The first-order chi connectivity index (χ1) is 16.0. The van der Waals surface area contributed by atoms with Gasteiger partial charge in [0.1, 0.15) is 0 Å². The number of carbonyl (C=O) groups is 1. The Hall–Kier alpha value is -4.51. The van der Waals surface area contributed by atoms with Gasteiger partial charge in [-0.3, -0.25) is 0 Å². The van der Waals surface area contributed by atoms with Gasteiger partial charge < -0.3 is 20.1 Å². The number of para-hydroxylation sites is 4. The van der Waals surface area contributed by atoms with E-state index in [-0.39, 0.29) is 11.5 Å². The molecule has 5 nitrogen and oxygen atoms in total. The van der Waals surface area contributed by atoms with Gasteiger partial charge in [0.25, 0.3) is 0 Å². The summed E-state index contributed by atoms with van der Waals surface area (Å²) in [4.78, 5) is 9.25. The largest absolute Gasteiger partial charge is 0.504 e. The number of phenolic OH excluding ortho intramolecular Hbond substituents is 2. The van der Waals surface area contributed by atoms with Crippen LogP contribution in [0.4, 0.5) is 0 Å². The van der Waals surface area contributed by atoms with Crippen molar-refractivity contribution in [2.75, 3.05) is 0 Å². The van der Waals surface area contributed by atoms with Gasteiger partial charge in [-0.25, -0.2) is 4.79 Å². The number of hydrogen-bond donors (Lipinski definition) is 3. The Kier molecular flexibility index (Phi) is 7.86. The van der Waals surface area contributed by atoms with Crippen molar-refractivity contribution in [3.63, 3.8) is 0 Å². The molecule has 0 atom stereocenters. The Morgan fingerprint density at radius 3 is 1.45 bits per heavy atom. The third kappa shape index (κ3) is 6.24. The number of aliphatic carboxylic acids is 1. The van der Waals surface area contributed by atoms with E-state index in [2.05, 4.69) is 55.1 Å². The first-order valence-corrected chi connectivity index (χ1v) is 10.2. The van der Waals surface area contributed by atoms with Crippen LogP contribution in [0.2, 0.25) is 0 Å². The average molecular weight is 440 g/mol. The Morgan fingerprint density at radius 2 is 1.06 bits per heavy atom. The van der Waals surface area contributed by atoms with Crippen molar-refractivity contribution in [1.82, 2.24) is 0 Å². The lowest BCUT2D eigenvalue weighted by molar-refractivity contribution is -0.131. The van der Waals surface area contributed by atoms with Crippen LogP contribution in [0, 0.1) is 0 Å². The summed E-state index contributed by atoms with van der Waals surface area (Å²) in [6.07, 6.45) is 1.94. The van der Waals surface area contributed by atoms with Gasteiger partial charge in [-0.15, -0.1) is 0 Å². The second-order valence-electron chi connectivity index (χ2n) is 7.07. The van der Waals surface area contributed by atoms with E-state index in [0.717, 1.165) is 12.5 Å². The maximum Gasteiger partial charge on any atom is 0.327 e. The SMILES string of the molecule is C=CC(=O)O.Oc1ccccc1Oc1ccccc1O.c1ccc2c(c1)Cc1ccccc1-2. The maximum atomic E-state index is 9.46. The van der Waals surface area contributed by atoms with Crippen LogP contribution < -0.4 is 4.74 Å². The van der Waals surface area contributed by atoms with E-state index in [0.29, 0.717) is 11.5 Å². The van der Waals surface area contributed by atoms with E-state index in [1.165, 1.54) is 34.4 Å². The van der Waals surface area contributed by atoms with E-state index in [9.17, 15) is 15.0 Å². The molecule has 0 spiro atoms. The maximum absolute atomic E-state index is 9.46. The molecular formula is C28H24O5. The van der Waals surface area contributed by atoms with Gasteiger partial charge in [-0.05, 0) is 52.9 Å². The number of phenols is 2. The van der Waals surface area contributed by atoms with Crippen molar-refractivity contribution >= 4 is 5.97 Å². The van der Waals surface area contributed by atoms with Crippen LogP contribution in [-0.4, -0.2) is 21.3 Å². The smallest absolute Gasteiger partial charge is 0.327 e. The summed E-state index contributed by atoms with van der Waals surface area (Å²) in [6, 6.07) is 30.5. The normalized spacial score (nSPS) is 10.3. The molecule has 0 saturated carbocycles. The Labute approximate surface area is 192 Å². The molecule has 0 aliphatic heterocycles. The predicted molar refractivity (Wildman–Crippen MR) is 129 cm³/mol. The summed E-state index contributed by atoms with van der Waals surface area (Å²) in [7, 11) is 0. The standard InChI is InChI=1S/C13H10.C12H10O3.C3H4O2/c1-3-7-12-10(5-1)9-11-6-2-4-8-13(11)12;13-9-5-1-3-7-11(9)15-12-8-4-2-6-10(12)14;1-2-3(4)5/h1-8H,9H2;1-8,13-14H;2H,1H2,(H,4,5). The van der Waals surface area contributed by atoms with E-state index in [1.54, 1.807) is 36.4 Å². The van der Waals surface area contributed by atoms with E-state index < -0.39 is 5.97 Å². The Morgan fingerprint density at radius 1 is 0.697 bits per heavy atom. The van der Waals surface area contributed by atoms with E-state index in [1.807, 2.05) is 0 Å². The Bertz CT molecular complexity index is 1160. The lowest BCUT2D eigenvalue weighted by Gasteiger charge is -2.08. The van der Waals surface area contributed by atoms with Crippen molar-refractivity contribution in [3.8, 4) is 34.1 Å². The van der Waals surface area contributed by atoms with Crippen molar-refractivity contribution in [1.29, 1.82) is 0 Å².